The molecule has 0 atom stereocenters. The van der Waals surface area contributed by atoms with Gasteiger partial charge in [0, 0.05) is 20.1 Å². The Kier molecular flexibility index (Phi) is 7.05. The first kappa shape index (κ1) is 16.4. The summed E-state index contributed by atoms with van der Waals surface area (Å²) in [4.78, 5) is 15.2. The molecule has 0 bridgehead atoms. The fraction of sp³-hybridized carbons (Fsp3) is 0.500. The molecule has 0 aliphatic carbocycles. The first-order valence-electron chi connectivity index (χ1n) is 5.69. The van der Waals surface area contributed by atoms with Crippen LogP contribution in [-0.4, -0.2) is 43.6 Å². The van der Waals surface area contributed by atoms with Crippen LogP contribution in [0.15, 0.2) is 24.3 Å². The van der Waals surface area contributed by atoms with E-state index in [2.05, 4.69) is 4.90 Å². The van der Waals surface area contributed by atoms with Gasteiger partial charge in [0.05, 0.1) is 0 Å². The van der Waals surface area contributed by atoms with Crippen LogP contribution in [0, 0.1) is 0 Å². The Morgan fingerprint density at radius 2 is 1.94 bits per heavy atom. The second-order valence-corrected chi connectivity index (χ2v) is 4.27. The van der Waals surface area contributed by atoms with Gasteiger partial charge in [0.2, 0.25) is 0 Å². The summed E-state index contributed by atoms with van der Waals surface area (Å²) in [6.07, 6.45) is -0.325. The standard InChI is InChI=1S/C13H20N2O2.CH4/c1-5-15(4)13(16)17-12-8-6-7-11(9-12)10-14(2)3;/h6-9H,5,10H2,1-4H3;1H4. The Morgan fingerprint density at radius 3 is 2.50 bits per heavy atom. The van der Waals surface area contributed by atoms with Crippen molar-refractivity contribution in [3.8, 4) is 5.75 Å². The minimum absolute atomic E-state index is 0. The number of benzene rings is 1. The largest absolute Gasteiger partial charge is 0.414 e. The van der Waals surface area contributed by atoms with E-state index < -0.39 is 0 Å². The van der Waals surface area contributed by atoms with Gasteiger partial charge in [-0.15, -0.1) is 0 Å². The van der Waals surface area contributed by atoms with Crippen molar-refractivity contribution < 1.29 is 9.53 Å². The van der Waals surface area contributed by atoms with Crippen molar-refractivity contribution in [2.75, 3.05) is 27.7 Å². The minimum atomic E-state index is -0.325. The molecule has 0 fully saturated rings. The van der Waals surface area contributed by atoms with Crippen molar-refractivity contribution in [1.82, 2.24) is 9.80 Å². The van der Waals surface area contributed by atoms with Gasteiger partial charge in [-0.1, -0.05) is 19.6 Å². The summed E-state index contributed by atoms with van der Waals surface area (Å²) in [6.45, 7) is 3.37. The van der Waals surface area contributed by atoms with Gasteiger partial charge < -0.3 is 14.5 Å². The molecule has 1 amide bonds. The van der Waals surface area contributed by atoms with Crippen LogP contribution < -0.4 is 4.74 Å². The van der Waals surface area contributed by atoms with E-state index in [9.17, 15) is 4.79 Å². The summed E-state index contributed by atoms with van der Waals surface area (Å²) >= 11 is 0. The highest BCUT2D eigenvalue weighted by atomic mass is 16.6. The number of rotatable bonds is 4. The number of hydrogen-bond donors (Lipinski definition) is 0. The van der Waals surface area contributed by atoms with Crippen molar-refractivity contribution in [3.63, 3.8) is 0 Å². The molecule has 0 aliphatic rings. The van der Waals surface area contributed by atoms with E-state index in [1.807, 2.05) is 39.2 Å². The van der Waals surface area contributed by atoms with Crippen LogP contribution >= 0.6 is 0 Å². The van der Waals surface area contributed by atoms with Crippen LogP contribution in [-0.2, 0) is 6.54 Å². The van der Waals surface area contributed by atoms with E-state index in [0.717, 1.165) is 12.1 Å². The van der Waals surface area contributed by atoms with Gasteiger partial charge in [-0.2, -0.15) is 0 Å². The van der Waals surface area contributed by atoms with Crippen LogP contribution in [0.4, 0.5) is 4.79 Å². The fourth-order valence-electron chi connectivity index (χ4n) is 1.38. The molecule has 1 aromatic carbocycles. The molecular formula is C14H24N2O2. The first-order chi connectivity index (χ1) is 8.02. The van der Waals surface area contributed by atoms with Gasteiger partial charge in [-0.3, -0.25) is 0 Å². The van der Waals surface area contributed by atoms with E-state index in [4.69, 9.17) is 4.74 Å². The lowest BCUT2D eigenvalue weighted by atomic mass is 10.2. The van der Waals surface area contributed by atoms with Crippen LogP contribution in [0.5, 0.6) is 5.75 Å². The summed E-state index contributed by atoms with van der Waals surface area (Å²) in [5.74, 6) is 0.592. The molecule has 102 valence electrons. The molecule has 1 rings (SSSR count). The molecule has 0 unspecified atom stereocenters. The van der Waals surface area contributed by atoms with E-state index in [0.29, 0.717) is 12.3 Å². The maximum absolute atomic E-state index is 11.6. The molecule has 0 aromatic heterocycles. The number of carbonyl (C=O) groups is 1. The Morgan fingerprint density at radius 1 is 1.28 bits per heavy atom. The van der Waals surface area contributed by atoms with Crippen LogP contribution in [0.3, 0.4) is 0 Å². The maximum Gasteiger partial charge on any atom is 0.414 e. The summed E-state index contributed by atoms with van der Waals surface area (Å²) < 4.78 is 5.26. The highest BCUT2D eigenvalue weighted by Crippen LogP contribution is 2.15. The SMILES string of the molecule is C.CCN(C)C(=O)Oc1cccc(CN(C)C)c1. The Hall–Kier alpha value is -1.55. The van der Waals surface area contributed by atoms with E-state index in [-0.39, 0.29) is 13.5 Å². The van der Waals surface area contributed by atoms with Gasteiger partial charge in [-0.05, 0) is 38.7 Å². The van der Waals surface area contributed by atoms with Gasteiger partial charge in [0.15, 0.2) is 0 Å². The van der Waals surface area contributed by atoms with Crippen LogP contribution in [0.1, 0.15) is 19.9 Å². The highest BCUT2D eigenvalue weighted by Gasteiger charge is 2.09. The number of carbonyl (C=O) groups excluding carboxylic acids is 1. The lowest BCUT2D eigenvalue weighted by molar-refractivity contribution is 0.165. The molecule has 0 radical (unpaired) electrons. The molecule has 0 heterocycles. The third-order valence-corrected chi connectivity index (χ3v) is 2.39. The van der Waals surface area contributed by atoms with Crippen molar-refractivity contribution in [2.24, 2.45) is 0 Å². The Balaban J connectivity index is 0.00000289. The number of ether oxygens (including phenoxy) is 1. The quantitative estimate of drug-likeness (QED) is 0.826. The minimum Gasteiger partial charge on any atom is -0.410 e. The zero-order valence-corrected chi connectivity index (χ0v) is 10.9. The summed E-state index contributed by atoms with van der Waals surface area (Å²) in [7, 11) is 5.72. The number of amides is 1. The molecule has 0 aliphatic heterocycles. The molecule has 0 N–H and O–H groups in total. The molecule has 0 spiro atoms. The summed E-state index contributed by atoms with van der Waals surface area (Å²) in [5.41, 5.74) is 1.12. The zero-order valence-electron chi connectivity index (χ0n) is 10.9. The average molecular weight is 252 g/mol. The summed E-state index contributed by atoms with van der Waals surface area (Å²) in [6, 6.07) is 7.59. The molecule has 1 aromatic rings. The van der Waals surface area contributed by atoms with Gasteiger partial charge >= 0.3 is 6.09 Å². The third kappa shape index (κ3) is 5.19. The Labute approximate surface area is 110 Å². The molecule has 4 heteroatoms. The van der Waals surface area contributed by atoms with Crippen molar-refractivity contribution in [1.29, 1.82) is 0 Å². The van der Waals surface area contributed by atoms with E-state index >= 15 is 0 Å². The second-order valence-electron chi connectivity index (χ2n) is 4.27. The van der Waals surface area contributed by atoms with E-state index in [1.165, 1.54) is 4.90 Å². The monoisotopic (exact) mass is 252 g/mol. The molecular weight excluding hydrogens is 228 g/mol. The van der Waals surface area contributed by atoms with Crippen molar-refractivity contribution >= 4 is 6.09 Å². The zero-order chi connectivity index (χ0) is 12.8. The van der Waals surface area contributed by atoms with Gasteiger partial charge in [-0.25, -0.2) is 4.79 Å². The van der Waals surface area contributed by atoms with Crippen LogP contribution in [0.2, 0.25) is 0 Å². The molecule has 0 saturated heterocycles. The molecule has 0 saturated carbocycles. The normalized spacial score (nSPS) is 9.83. The topological polar surface area (TPSA) is 32.8 Å². The third-order valence-electron chi connectivity index (χ3n) is 2.39. The lowest BCUT2D eigenvalue weighted by Crippen LogP contribution is -2.29. The van der Waals surface area contributed by atoms with E-state index in [1.54, 1.807) is 13.1 Å². The Bertz CT molecular complexity index is 378. The molecule has 4 nitrogen and oxygen atoms in total. The smallest absolute Gasteiger partial charge is 0.410 e. The average Bonchev–Trinajstić information content (AvgIpc) is 2.27. The predicted octanol–water partition coefficient (Wildman–Crippen LogP) is 2.83. The van der Waals surface area contributed by atoms with Crippen molar-refractivity contribution in [2.45, 2.75) is 20.9 Å². The lowest BCUT2D eigenvalue weighted by Gasteiger charge is -2.15. The van der Waals surface area contributed by atoms with Crippen molar-refractivity contribution in [3.05, 3.63) is 29.8 Å². The number of hydrogen-bond acceptors (Lipinski definition) is 3. The first-order valence-corrected chi connectivity index (χ1v) is 5.69. The van der Waals surface area contributed by atoms with Crippen LogP contribution in [0.25, 0.3) is 0 Å². The van der Waals surface area contributed by atoms with Gasteiger partial charge in [0.25, 0.3) is 0 Å². The van der Waals surface area contributed by atoms with Gasteiger partial charge in [0.1, 0.15) is 5.75 Å². The molecule has 18 heavy (non-hydrogen) atoms. The maximum atomic E-state index is 11.6. The second kappa shape index (κ2) is 7.71. The summed E-state index contributed by atoms with van der Waals surface area (Å²) in [5, 5.41) is 0. The fourth-order valence-corrected chi connectivity index (χ4v) is 1.38. The highest BCUT2D eigenvalue weighted by molar-refractivity contribution is 5.70. The predicted molar refractivity (Wildman–Crippen MR) is 74.9 cm³/mol. The number of nitrogens with zero attached hydrogens (tertiary/aromatic N) is 2.